The molecule has 4 aromatic rings. The van der Waals surface area contributed by atoms with E-state index in [9.17, 15) is 9.90 Å². The van der Waals surface area contributed by atoms with Crippen molar-refractivity contribution in [2.75, 3.05) is 31.5 Å². The van der Waals surface area contributed by atoms with E-state index in [-0.39, 0.29) is 5.91 Å². The highest BCUT2D eigenvalue weighted by molar-refractivity contribution is 5.94. The van der Waals surface area contributed by atoms with Crippen molar-refractivity contribution in [3.8, 4) is 22.5 Å². The highest BCUT2D eigenvalue weighted by Gasteiger charge is 2.20. The number of hydrogen-bond donors (Lipinski definition) is 3. The number of aromatic nitrogens is 3. The van der Waals surface area contributed by atoms with Gasteiger partial charge < -0.3 is 20.6 Å². The van der Waals surface area contributed by atoms with Crippen LogP contribution in [0.2, 0.25) is 0 Å². The van der Waals surface area contributed by atoms with E-state index in [1.54, 1.807) is 0 Å². The quantitative estimate of drug-likeness (QED) is 0.453. The van der Waals surface area contributed by atoms with E-state index >= 15 is 0 Å². The number of aliphatic hydroxyl groups is 1. The van der Waals surface area contributed by atoms with Crippen molar-refractivity contribution in [2.24, 2.45) is 0 Å². The summed E-state index contributed by atoms with van der Waals surface area (Å²) < 4.78 is 1.84. The molecule has 0 radical (unpaired) electrons. The Morgan fingerprint density at radius 3 is 2.61 bits per heavy atom. The minimum Gasteiger partial charge on any atom is -0.373 e. The van der Waals surface area contributed by atoms with E-state index in [0.717, 1.165) is 65.6 Å². The van der Waals surface area contributed by atoms with Crippen LogP contribution >= 0.6 is 0 Å². The highest BCUT2D eigenvalue weighted by atomic mass is 16.3. The average Bonchev–Trinajstić information content (AvgIpc) is 3.45. The number of imidazole rings is 1. The standard InChI is InChI=1S/C25H24N6O2/c32-24-14-19-13-18(5-6-20(19)28-24)22-15-27-23-8-7-21(29-31(22)23)16-1-3-17(4-2-16)25(33)30-11-9-26-10-12-30/h1-8,13,15,24,26,28,32H,9-12,14H2. The van der Waals surface area contributed by atoms with Crippen LogP contribution in [0.5, 0.6) is 0 Å². The Balaban J connectivity index is 1.31. The third kappa shape index (κ3) is 3.63. The van der Waals surface area contributed by atoms with Crippen molar-refractivity contribution in [3.63, 3.8) is 0 Å². The second kappa shape index (κ2) is 7.99. The molecule has 1 saturated heterocycles. The first-order chi connectivity index (χ1) is 16.2. The van der Waals surface area contributed by atoms with Crippen LogP contribution in [0, 0.1) is 0 Å². The van der Waals surface area contributed by atoms with Gasteiger partial charge in [-0.1, -0.05) is 18.2 Å². The van der Waals surface area contributed by atoms with Crippen LogP contribution in [0.15, 0.2) is 60.8 Å². The van der Waals surface area contributed by atoms with Crippen molar-refractivity contribution < 1.29 is 9.90 Å². The number of fused-ring (bicyclic) bond motifs is 2. The monoisotopic (exact) mass is 440 g/mol. The topological polar surface area (TPSA) is 94.8 Å². The van der Waals surface area contributed by atoms with Crippen LogP contribution in [0.4, 0.5) is 5.69 Å². The second-order valence-electron chi connectivity index (χ2n) is 8.49. The lowest BCUT2D eigenvalue weighted by Crippen LogP contribution is -2.46. The molecule has 1 atom stereocenters. The molecule has 1 fully saturated rings. The van der Waals surface area contributed by atoms with Gasteiger partial charge in [-0.2, -0.15) is 5.10 Å². The molecule has 1 amide bonds. The fraction of sp³-hybridized carbons (Fsp3) is 0.240. The summed E-state index contributed by atoms with van der Waals surface area (Å²) in [5, 5.41) is 21.0. The summed E-state index contributed by atoms with van der Waals surface area (Å²) in [5.74, 6) is 0.0691. The zero-order chi connectivity index (χ0) is 22.4. The number of piperazine rings is 1. The molecule has 2 aliphatic heterocycles. The largest absolute Gasteiger partial charge is 0.373 e. The molecule has 8 nitrogen and oxygen atoms in total. The molecule has 1 unspecified atom stereocenters. The van der Waals surface area contributed by atoms with Crippen LogP contribution in [0.3, 0.4) is 0 Å². The van der Waals surface area contributed by atoms with Crippen LogP contribution in [0.1, 0.15) is 15.9 Å². The number of hydrogen-bond acceptors (Lipinski definition) is 6. The van der Waals surface area contributed by atoms with Crippen LogP contribution in [0.25, 0.3) is 28.2 Å². The first-order valence-electron chi connectivity index (χ1n) is 11.2. The van der Waals surface area contributed by atoms with Gasteiger partial charge in [0.2, 0.25) is 0 Å². The van der Waals surface area contributed by atoms with Gasteiger partial charge in [0, 0.05) is 55.0 Å². The Morgan fingerprint density at radius 2 is 1.79 bits per heavy atom. The van der Waals surface area contributed by atoms with Crippen molar-refractivity contribution in [1.29, 1.82) is 0 Å². The molecule has 2 aromatic carbocycles. The number of carbonyl (C=O) groups is 1. The van der Waals surface area contributed by atoms with Crippen molar-refractivity contribution in [2.45, 2.75) is 12.6 Å². The van der Waals surface area contributed by atoms with Gasteiger partial charge in [0.25, 0.3) is 5.91 Å². The maximum atomic E-state index is 12.7. The first kappa shape index (κ1) is 19.9. The number of nitrogens with one attached hydrogen (secondary N) is 2. The summed E-state index contributed by atoms with van der Waals surface area (Å²) in [5.41, 5.74) is 7.13. The van der Waals surface area contributed by atoms with Crippen LogP contribution < -0.4 is 10.6 Å². The molecule has 0 spiro atoms. The van der Waals surface area contributed by atoms with Gasteiger partial charge in [-0.25, -0.2) is 9.50 Å². The Kier molecular flexibility index (Phi) is 4.82. The Morgan fingerprint density at radius 1 is 1.00 bits per heavy atom. The minimum atomic E-state index is -0.538. The smallest absolute Gasteiger partial charge is 0.253 e. The highest BCUT2D eigenvalue weighted by Crippen LogP contribution is 2.31. The molecule has 3 N–H and O–H groups in total. The number of aliphatic hydroxyl groups excluding tert-OH is 1. The lowest BCUT2D eigenvalue weighted by atomic mass is 10.1. The summed E-state index contributed by atoms with van der Waals surface area (Å²) in [6, 6.07) is 17.6. The third-order valence-electron chi connectivity index (χ3n) is 6.33. The summed E-state index contributed by atoms with van der Waals surface area (Å²) in [6.45, 7) is 3.14. The lowest BCUT2D eigenvalue weighted by molar-refractivity contribution is 0.0736. The van der Waals surface area contributed by atoms with E-state index in [1.807, 2.05) is 64.1 Å². The minimum absolute atomic E-state index is 0.0691. The number of nitrogens with zero attached hydrogens (tertiary/aromatic N) is 4. The molecule has 8 heteroatoms. The van der Waals surface area contributed by atoms with Crippen molar-refractivity contribution in [1.82, 2.24) is 24.8 Å². The summed E-state index contributed by atoms with van der Waals surface area (Å²) in [4.78, 5) is 19.1. The molecule has 166 valence electrons. The van der Waals surface area contributed by atoms with Crippen LogP contribution in [-0.2, 0) is 6.42 Å². The zero-order valence-electron chi connectivity index (χ0n) is 18.0. The number of rotatable bonds is 3. The predicted molar refractivity (Wildman–Crippen MR) is 126 cm³/mol. The summed E-state index contributed by atoms with van der Waals surface area (Å²) in [6.07, 6.45) is 1.86. The molecule has 0 bridgehead atoms. The molecule has 6 rings (SSSR count). The maximum Gasteiger partial charge on any atom is 0.253 e. The molecule has 2 aromatic heterocycles. The fourth-order valence-corrected chi connectivity index (χ4v) is 4.56. The molecule has 0 aliphatic carbocycles. The summed E-state index contributed by atoms with van der Waals surface area (Å²) >= 11 is 0. The van der Waals surface area contributed by atoms with Crippen LogP contribution in [-0.4, -0.2) is 62.9 Å². The number of carbonyl (C=O) groups excluding carboxylic acids is 1. The third-order valence-corrected chi connectivity index (χ3v) is 6.33. The van der Waals surface area contributed by atoms with E-state index in [2.05, 4.69) is 21.7 Å². The summed E-state index contributed by atoms with van der Waals surface area (Å²) in [7, 11) is 0. The van der Waals surface area contributed by atoms with Gasteiger partial charge in [0.05, 0.1) is 17.6 Å². The molecular formula is C25H24N6O2. The Labute approximate surface area is 190 Å². The van der Waals surface area contributed by atoms with Gasteiger partial charge in [-0.05, 0) is 42.0 Å². The average molecular weight is 441 g/mol. The predicted octanol–water partition coefficient (Wildman–Crippen LogP) is 2.40. The van der Waals surface area contributed by atoms with Gasteiger partial charge >= 0.3 is 0 Å². The van der Waals surface area contributed by atoms with E-state index in [0.29, 0.717) is 12.0 Å². The van der Waals surface area contributed by atoms with Gasteiger partial charge in [0.1, 0.15) is 6.23 Å². The number of benzene rings is 2. The van der Waals surface area contributed by atoms with E-state index in [1.165, 1.54) is 0 Å². The molecular weight excluding hydrogens is 416 g/mol. The molecule has 33 heavy (non-hydrogen) atoms. The fourth-order valence-electron chi connectivity index (χ4n) is 4.56. The lowest BCUT2D eigenvalue weighted by Gasteiger charge is -2.27. The molecule has 0 saturated carbocycles. The SMILES string of the molecule is O=C(c1ccc(-c2ccc3ncc(-c4ccc5c(c4)CC(O)N5)n3n2)cc1)N1CCNCC1. The normalized spacial score (nSPS) is 17.7. The van der Waals surface area contributed by atoms with Gasteiger partial charge in [-0.3, -0.25) is 4.79 Å². The maximum absolute atomic E-state index is 12.7. The first-order valence-corrected chi connectivity index (χ1v) is 11.2. The molecule has 4 heterocycles. The Hall–Kier alpha value is -3.75. The van der Waals surface area contributed by atoms with Crippen molar-refractivity contribution >= 4 is 17.2 Å². The van der Waals surface area contributed by atoms with Crippen molar-refractivity contribution in [3.05, 3.63) is 71.9 Å². The number of amides is 1. The Bertz CT molecular complexity index is 1340. The zero-order valence-corrected chi connectivity index (χ0v) is 18.0. The van der Waals surface area contributed by atoms with Gasteiger partial charge in [0.15, 0.2) is 5.65 Å². The van der Waals surface area contributed by atoms with E-state index < -0.39 is 6.23 Å². The van der Waals surface area contributed by atoms with Gasteiger partial charge in [-0.15, -0.1) is 0 Å². The number of anilines is 1. The van der Waals surface area contributed by atoms with E-state index in [4.69, 9.17) is 5.10 Å². The second-order valence-corrected chi connectivity index (χ2v) is 8.49. The molecule has 2 aliphatic rings.